The fourth-order valence-electron chi connectivity index (χ4n) is 3.07. The van der Waals surface area contributed by atoms with E-state index in [9.17, 15) is 0 Å². The number of nitrogen functional groups attached to an aromatic ring is 1. The second-order valence-electron chi connectivity index (χ2n) is 6.65. The van der Waals surface area contributed by atoms with Crippen molar-refractivity contribution in [3.8, 4) is 11.5 Å². The third-order valence-corrected chi connectivity index (χ3v) is 4.23. The average molecular weight is 323 g/mol. The Hall–Kier alpha value is -2.69. The van der Waals surface area contributed by atoms with Crippen LogP contribution in [0.15, 0.2) is 36.4 Å². The van der Waals surface area contributed by atoms with Crippen molar-refractivity contribution in [2.24, 2.45) is 5.92 Å². The van der Waals surface area contributed by atoms with E-state index in [1.54, 1.807) is 0 Å². The van der Waals surface area contributed by atoms with Gasteiger partial charge in [-0.05, 0) is 23.6 Å². The molecule has 0 bridgehead atoms. The fraction of sp³-hybridized carbons (Fsp3) is 0.316. The number of anilines is 1. The summed E-state index contributed by atoms with van der Waals surface area (Å²) in [5.74, 6) is 3.18. The van der Waals surface area contributed by atoms with Gasteiger partial charge in [0, 0.05) is 30.8 Å². The van der Waals surface area contributed by atoms with Crippen LogP contribution < -0.4 is 15.2 Å². The Kier molecular flexibility index (Phi) is 3.56. The highest BCUT2D eigenvalue weighted by atomic mass is 16.7. The molecule has 1 aliphatic rings. The van der Waals surface area contributed by atoms with Crippen LogP contribution in [0.25, 0.3) is 11.0 Å². The molecule has 0 saturated carbocycles. The first-order valence-electron chi connectivity index (χ1n) is 8.23. The van der Waals surface area contributed by atoms with E-state index in [4.69, 9.17) is 20.2 Å². The molecular formula is C19H21N3O2. The third kappa shape index (κ3) is 2.66. The first-order chi connectivity index (χ1) is 11.6. The summed E-state index contributed by atoms with van der Waals surface area (Å²) in [6.07, 6.45) is 0.927. The molecule has 124 valence electrons. The minimum atomic E-state index is 0.277. The second-order valence-corrected chi connectivity index (χ2v) is 6.65. The van der Waals surface area contributed by atoms with Crippen molar-refractivity contribution < 1.29 is 9.47 Å². The van der Waals surface area contributed by atoms with Crippen LogP contribution >= 0.6 is 0 Å². The Balaban J connectivity index is 1.81. The van der Waals surface area contributed by atoms with Crippen molar-refractivity contribution in [2.75, 3.05) is 12.5 Å². The number of nitrogens with zero attached hydrogens (tertiary/aromatic N) is 2. The lowest BCUT2D eigenvalue weighted by atomic mass is 10.1. The van der Waals surface area contributed by atoms with Gasteiger partial charge in [-0.3, -0.25) is 0 Å². The minimum Gasteiger partial charge on any atom is -0.454 e. The Labute approximate surface area is 141 Å². The van der Waals surface area contributed by atoms with Crippen LogP contribution in [0.3, 0.4) is 0 Å². The van der Waals surface area contributed by atoms with E-state index in [0.717, 1.165) is 47.0 Å². The van der Waals surface area contributed by atoms with Crippen molar-refractivity contribution in [3.05, 3.63) is 47.8 Å². The highest BCUT2D eigenvalue weighted by molar-refractivity contribution is 5.81. The van der Waals surface area contributed by atoms with Gasteiger partial charge in [0.05, 0.1) is 11.0 Å². The summed E-state index contributed by atoms with van der Waals surface area (Å²) in [4.78, 5) is 4.85. The van der Waals surface area contributed by atoms with Crippen molar-refractivity contribution in [3.63, 3.8) is 0 Å². The number of imidazole rings is 1. The Morgan fingerprint density at radius 3 is 2.54 bits per heavy atom. The zero-order valence-corrected chi connectivity index (χ0v) is 14.0. The Morgan fingerprint density at radius 1 is 1.12 bits per heavy atom. The zero-order valence-electron chi connectivity index (χ0n) is 14.0. The highest BCUT2D eigenvalue weighted by Gasteiger charge is 2.19. The maximum atomic E-state index is 5.80. The molecule has 0 amide bonds. The zero-order chi connectivity index (χ0) is 16.7. The van der Waals surface area contributed by atoms with Crippen LogP contribution in [0.5, 0.6) is 11.5 Å². The average Bonchev–Trinajstić information content (AvgIpc) is 3.11. The van der Waals surface area contributed by atoms with Gasteiger partial charge in [0.2, 0.25) is 6.79 Å². The maximum Gasteiger partial charge on any atom is 0.231 e. The van der Waals surface area contributed by atoms with Crippen molar-refractivity contribution in [1.82, 2.24) is 9.55 Å². The first-order valence-corrected chi connectivity index (χ1v) is 8.23. The van der Waals surface area contributed by atoms with E-state index in [-0.39, 0.29) is 6.79 Å². The standard InChI is InChI=1S/C19H21N3O2/c1-12(2)7-19-21-15-8-17-18(24-11-23-17)9-16(15)22(19)10-13-3-5-14(20)6-4-13/h3-6,8-9,12H,7,10-11,20H2,1-2H3. The lowest BCUT2D eigenvalue weighted by Crippen LogP contribution is -2.08. The quantitative estimate of drug-likeness (QED) is 0.745. The molecule has 0 radical (unpaired) electrons. The van der Waals surface area contributed by atoms with Gasteiger partial charge in [0.25, 0.3) is 0 Å². The summed E-state index contributed by atoms with van der Waals surface area (Å²) in [6, 6.07) is 12.0. The molecule has 5 nitrogen and oxygen atoms in total. The van der Waals surface area contributed by atoms with Crippen LogP contribution in [0.4, 0.5) is 5.69 Å². The van der Waals surface area contributed by atoms with Crippen molar-refractivity contribution >= 4 is 16.7 Å². The third-order valence-electron chi connectivity index (χ3n) is 4.23. The topological polar surface area (TPSA) is 62.3 Å². The lowest BCUT2D eigenvalue weighted by molar-refractivity contribution is 0.174. The maximum absolute atomic E-state index is 5.80. The number of ether oxygens (including phenoxy) is 2. The molecule has 0 atom stereocenters. The second kappa shape index (κ2) is 5.74. The minimum absolute atomic E-state index is 0.277. The molecule has 2 heterocycles. The molecule has 0 fully saturated rings. The van der Waals surface area contributed by atoms with Crippen LogP contribution in [0, 0.1) is 5.92 Å². The molecule has 1 aromatic heterocycles. The predicted molar refractivity (Wildman–Crippen MR) is 94.4 cm³/mol. The monoisotopic (exact) mass is 323 g/mol. The number of hydrogen-bond acceptors (Lipinski definition) is 4. The first kappa shape index (κ1) is 14.9. The smallest absolute Gasteiger partial charge is 0.231 e. The predicted octanol–water partition coefficient (Wildman–Crippen LogP) is 3.59. The molecule has 24 heavy (non-hydrogen) atoms. The molecule has 3 aromatic rings. The number of rotatable bonds is 4. The number of hydrogen-bond donors (Lipinski definition) is 1. The van der Waals surface area contributed by atoms with Gasteiger partial charge in [0.1, 0.15) is 5.82 Å². The van der Waals surface area contributed by atoms with Gasteiger partial charge >= 0.3 is 0 Å². The summed E-state index contributed by atoms with van der Waals surface area (Å²) in [5.41, 5.74) is 9.80. The number of fused-ring (bicyclic) bond motifs is 2. The van der Waals surface area contributed by atoms with Gasteiger partial charge in [0.15, 0.2) is 11.5 Å². The SMILES string of the molecule is CC(C)Cc1nc2cc3c(cc2n1Cc1ccc(N)cc1)OCO3. The number of aromatic nitrogens is 2. The molecule has 0 saturated heterocycles. The summed E-state index contributed by atoms with van der Waals surface area (Å²) in [7, 11) is 0. The largest absolute Gasteiger partial charge is 0.454 e. The van der Waals surface area contributed by atoms with Crippen molar-refractivity contribution in [2.45, 2.75) is 26.8 Å². The lowest BCUT2D eigenvalue weighted by Gasteiger charge is -2.11. The summed E-state index contributed by atoms with van der Waals surface area (Å²) < 4.78 is 13.3. The molecule has 5 heteroatoms. The van der Waals surface area contributed by atoms with Gasteiger partial charge in [-0.25, -0.2) is 4.98 Å². The summed E-state index contributed by atoms with van der Waals surface area (Å²) >= 11 is 0. The molecule has 1 aliphatic heterocycles. The van der Waals surface area contributed by atoms with Gasteiger partial charge in [-0.1, -0.05) is 26.0 Å². The molecule has 2 N–H and O–H groups in total. The molecule has 0 spiro atoms. The normalized spacial score (nSPS) is 13.1. The van der Waals surface area contributed by atoms with Crippen LogP contribution in [0.1, 0.15) is 25.2 Å². The van der Waals surface area contributed by atoms with Gasteiger partial charge in [-0.15, -0.1) is 0 Å². The molecule has 0 unspecified atom stereocenters. The molecular weight excluding hydrogens is 302 g/mol. The van der Waals surface area contributed by atoms with Gasteiger partial charge < -0.3 is 19.8 Å². The van der Waals surface area contributed by atoms with E-state index in [2.05, 4.69) is 30.5 Å². The highest BCUT2D eigenvalue weighted by Crippen LogP contribution is 2.36. The fourth-order valence-corrected chi connectivity index (χ4v) is 3.07. The van der Waals surface area contributed by atoms with Crippen molar-refractivity contribution in [1.29, 1.82) is 0 Å². The van der Waals surface area contributed by atoms with E-state index >= 15 is 0 Å². The van der Waals surface area contributed by atoms with Crippen LogP contribution in [-0.4, -0.2) is 16.3 Å². The van der Waals surface area contributed by atoms with E-state index in [1.165, 1.54) is 5.56 Å². The molecule has 0 aliphatic carbocycles. The van der Waals surface area contributed by atoms with E-state index in [1.807, 2.05) is 24.3 Å². The van der Waals surface area contributed by atoms with E-state index < -0.39 is 0 Å². The Bertz CT molecular complexity index is 882. The van der Waals surface area contributed by atoms with Crippen LogP contribution in [0.2, 0.25) is 0 Å². The number of nitrogens with two attached hydrogens (primary N) is 1. The molecule has 2 aromatic carbocycles. The summed E-state index contributed by atoms with van der Waals surface area (Å²) in [6.45, 7) is 5.45. The molecule has 4 rings (SSSR count). The van der Waals surface area contributed by atoms with Crippen LogP contribution in [-0.2, 0) is 13.0 Å². The van der Waals surface area contributed by atoms with E-state index in [0.29, 0.717) is 5.92 Å². The Morgan fingerprint density at radius 2 is 1.83 bits per heavy atom. The number of benzene rings is 2. The van der Waals surface area contributed by atoms with Gasteiger partial charge in [-0.2, -0.15) is 0 Å². The summed E-state index contributed by atoms with van der Waals surface area (Å²) in [5, 5.41) is 0.